The Morgan fingerprint density at radius 3 is 3.08 bits per heavy atom. The molecule has 0 saturated heterocycles. The second kappa shape index (κ2) is 3.90. The molecule has 0 unspecified atom stereocenters. The first-order valence-electron chi connectivity index (χ1n) is 3.96. The van der Waals surface area contributed by atoms with E-state index < -0.39 is 5.97 Å². The zero-order valence-corrected chi connectivity index (χ0v) is 6.99. The van der Waals surface area contributed by atoms with Gasteiger partial charge in [-0.05, 0) is 0 Å². The molecule has 0 aliphatic rings. The molecule has 0 aliphatic heterocycles. The van der Waals surface area contributed by atoms with E-state index >= 15 is 0 Å². The van der Waals surface area contributed by atoms with E-state index in [-0.39, 0.29) is 5.89 Å². The van der Waals surface area contributed by atoms with Gasteiger partial charge in [0.25, 0.3) is 0 Å². The summed E-state index contributed by atoms with van der Waals surface area (Å²) in [6.07, 6.45) is 5.03. The highest BCUT2D eigenvalue weighted by Crippen LogP contribution is 1.94. The Kier molecular flexibility index (Phi) is 2.85. The molecule has 4 nitrogen and oxygen atoms in total. The maximum absolute atomic E-state index is 10.5. The second-order valence-electron chi connectivity index (χ2n) is 2.56. The molecule has 66 valence electrons. The predicted octanol–water partition coefficient (Wildman–Crippen LogP) is 1.07. The number of hydrogen-bond donors (Lipinski definition) is 1. The molecule has 0 fully saturated rings. The average molecular weight is 170 g/mol. The monoisotopic (exact) mass is 170 g/mol. The molecular formula is C8H12NO3+. The van der Waals surface area contributed by atoms with E-state index in [0.717, 1.165) is 12.8 Å². The molecule has 0 radical (unpaired) electrons. The van der Waals surface area contributed by atoms with Gasteiger partial charge in [-0.15, -0.1) is 0 Å². The van der Waals surface area contributed by atoms with E-state index in [4.69, 9.17) is 9.52 Å². The van der Waals surface area contributed by atoms with Crippen molar-refractivity contribution in [1.29, 1.82) is 0 Å². The van der Waals surface area contributed by atoms with E-state index in [0.29, 0.717) is 6.54 Å². The fourth-order valence-corrected chi connectivity index (χ4v) is 0.982. The summed E-state index contributed by atoms with van der Waals surface area (Å²) < 4.78 is 6.39. The zero-order chi connectivity index (χ0) is 8.97. The summed E-state index contributed by atoms with van der Waals surface area (Å²) in [7, 11) is 0. The highest BCUT2D eigenvalue weighted by atomic mass is 16.4. The Bertz CT molecular complexity index is 267. The van der Waals surface area contributed by atoms with Gasteiger partial charge in [0.1, 0.15) is 0 Å². The lowest BCUT2D eigenvalue weighted by Gasteiger charge is -1.90. The van der Waals surface area contributed by atoms with Gasteiger partial charge in [0.15, 0.2) is 12.8 Å². The topological polar surface area (TPSA) is 54.3 Å². The first-order chi connectivity index (χ1) is 5.75. The first kappa shape index (κ1) is 8.77. The highest BCUT2D eigenvalue weighted by Gasteiger charge is 2.21. The largest absolute Gasteiger partial charge is 0.471 e. The summed E-state index contributed by atoms with van der Waals surface area (Å²) in [5.41, 5.74) is 0. The van der Waals surface area contributed by atoms with Gasteiger partial charge in [0.2, 0.25) is 6.20 Å². The first-order valence-corrected chi connectivity index (χ1v) is 3.96. The van der Waals surface area contributed by atoms with Crippen molar-refractivity contribution in [2.75, 3.05) is 0 Å². The van der Waals surface area contributed by atoms with Crippen LogP contribution in [0.2, 0.25) is 0 Å². The Labute approximate surface area is 70.4 Å². The second-order valence-corrected chi connectivity index (χ2v) is 2.56. The van der Waals surface area contributed by atoms with Crippen molar-refractivity contribution in [2.24, 2.45) is 0 Å². The average Bonchev–Trinajstić information content (AvgIpc) is 2.48. The van der Waals surface area contributed by atoms with Gasteiger partial charge in [0, 0.05) is 6.42 Å². The van der Waals surface area contributed by atoms with Crippen molar-refractivity contribution < 1.29 is 18.9 Å². The minimum atomic E-state index is -1.02. The smallest absolute Gasteiger partial charge is 0.461 e. The van der Waals surface area contributed by atoms with Crippen LogP contribution in [0.1, 0.15) is 30.5 Å². The SMILES string of the molecule is CCCC[n+]1ccoc1C(=O)O. The summed E-state index contributed by atoms with van der Waals surface area (Å²) in [6, 6.07) is 0. The van der Waals surface area contributed by atoms with E-state index in [1.165, 1.54) is 6.26 Å². The number of rotatable bonds is 4. The summed E-state index contributed by atoms with van der Waals surface area (Å²) in [4.78, 5) is 10.5. The van der Waals surface area contributed by atoms with Crippen molar-refractivity contribution >= 4 is 5.97 Å². The van der Waals surface area contributed by atoms with Crippen LogP contribution >= 0.6 is 0 Å². The molecule has 0 atom stereocenters. The molecule has 0 spiro atoms. The van der Waals surface area contributed by atoms with Crippen LogP contribution < -0.4 is 4.57 Å². The van der Waals surface area contributed by atoms with Crippen LogP contribution in [0.3, 0.4) is 0 Å². The minimum Gasteiger partial charge on any atom is -0.471 e. The van der Waals surface area contributed by atoms with Crippen LogP contribution in [0.15, 0.2) is 16.9 Å². The van der Waals surface area contributed by atoms with Crippen molar-refractivity contribution in [3.05, 3.63) is 18.4 Å². The molecule has 0 bridgehead atoms. The quantitative estimate of drug-likeness (QED) is 0.687. The molecule has 1 rings (SSSR count). The molecule has 1 aromatic rings. The van der Waals surface area contributed by atoms with Gasteiger partial charge in [-0.2, -0.15) is 4.57 Å². The summed E-state index contributed by atoms with van der Waals surface area (Å²) in [5.74, 6) is -1.01. The third-order valence-electron chi connectivity index (χ3n) is 1.62. The molecule has 1 aromatic heterocycles. The number of aryl methyl sites for hydroxylation is 1. The molecular weight excluding hydrogens is 158 g/mol. The van der Waals surface area contributed by atoms with E-state index in [2.05, 4.69) is 6.92 Å². The number of hydrogen-bond acceptors (Lipinski definition) is 2. The molecule has 0 amide bonds. The molecule has 0 saturated carbocycles. The van der Waals surface area contributed by atoms with Crippen molar-refractivity contribution in [3.8, 4) is 0 Å². The van der Waals surface area contributed by atoms with Crippen LogP contribution in [0.25, 0.3) is 0 Å². The molecule has 0 aromatic carbocycles. The number of carboxylic acid groups (broad SMARTS) is 1. The lowest BCUT2D eigenvalue weighted by Crippen LogP contribution is -2.37. The standard InChI is InChI=1S/C8H11NO3/c1-2-3-4-9-5-6-12-7(9)8(10)11/h5-6H,2-4H2,1H3/p+1. The number of unbranched alkanes of at least 4 members (excludes halogenated alkanes) is 1. The Balaban J connectivity index is 2.70. The summed E-state index contributed by atoms with van der Waals surface area (Å²) >= 11 is 0. The maximum Gasteiger partial charge on any atom is 0.461 e. The summed E-state index contributed by atoms with van der Waals surface area (Å²) in [6.45, 7) is 2.76. The number of aromatic carboxylic acids is 1. The minimum absolute atomic E-state index is 0.00319. The van der Waals surface area contributed by atoms with Crippen molar-refractivity contribution in [3.63, 3.8) is 0 Å². The molecule has 1 heterocycles. The van der Waals surface area contributed by atoms with Crippen LogP contribution in [0, 0.1) is 0 Å². The fourth-order valence-electron chi connectivity index (χ4n) is 0.982. The van der Waals surface area contributed by atoms with E-state index in [1.54, 1.807) is 10.8 Å². The Hall–Kier alpha value is -1.32. The van der Waals surface area contributed by atoms with Gasteiger partial charge in [-0.1, -0.05) is 13.3 Å². The van der Waals surface area contributed by atoms with Crippen LogP contribution in [0.5, 0.6) is 0 Å². The van der Waals surface area contributed by atoms with Crippen LogP contribution in [0.4, 0.5) is 0 Å². The number of nitrogens with zero attached hydrogens (tertiary/aromatic N) is 1. The third kappa shape index (κ3) is 1.84. The lowest BCUT2D eigenvalue weighted by atomic mass is 10.3. The van der Waals surface area contributed by atoms with Crippen LogP contribution in [-0.2, 0) is 6.54 Å². The number of carbonyl (C=O) groups is 1. The number of aromatic nitrogens is 1. The Morgan fingerprint density at radius 1 is 1.75 bits per heavy atom. The predicted molar refractivity (Wildman–Crippen MR) is 40.8 cm³/mol. The third-order valence-corrected chi connectivity index (χ3v) is 1.62. The van der Waals surface area contributed by atoms with E-state index in [1.807, 2.05) is 0 Å². The molecule has 12 heavy (non-hydrogen) atoms. The molecule has 0 aliphatic carbocycles. The van der Waals surface area contributed by atoms with Gasteiger partial charge in [-0.3, -0.25) is 0 Å². The lowest BCUT2D eigenvalue weighted by molar-refractivity contribution is -0.702. The van der Waals surface area contributed by atoms with Gasteiger partial charge < -0.3 is 9.52 Å². The fraction of sp³-hybridized carbons (Fsp3) is 0.500. The molecule has 4 heteroatoms. The van der Waals surface area contributed by atoms with Gasteiger partial charge >= 0.3 is 11.9 Å². The Morgan fingerprint density at radius 2 is 2.50 bits per heavy atom. The van der Waals surface area contributed by atoms with Crippen molar-refractivity contribution in [2.45, 2.75) is 26.3 Å². The maximum atomic E-state index is 10.5. The van der Waals surface area contributed by atoms with E-state index in [9.17, 15) is 4.79 Å². The van der Waals surface area contributed by atoms with Gasteiger partial charge in [0.05, 0.1) is 0 Å². The van der Waals surface area contributed by atoms with Gasteiger partial charge in [-0.25, -0.2) is 4.79 Å². The summed E-state index contributed by atoms with van der Waals surface area (Å²) in [5, 5.41) is 8.64. The number of carboxylic acids is 1. The number of oxazole rings is 1. The van der Waals surface area contributed by atoms with Crippen LogP contribution in [-0.4, -0.2) is 11.1 Å². The molecule has 1 N–H and O–H groups in total. The zero-order valence-electron chi connectivity index (χ0n) is 6.99. The van der Waals surface area contributed by atoms with Crippen molar-refractivity contribution in [1.82, 2.24) is 0 Å². The normalized spacial score (nSPS) is 10.1. The highest BCUT2D eigenvalue weighted by molar-refractivity contribution is 5.80.